The standard InChI is InChI=1S/C22H28ClN3O3S.ClH/c1-14-12-18(23)4-6-20(14)22(27)25-21-7-5-19(13-15(21)2)30(28,29)26-16(3)17-8-10-24-11-9-17;/h4-7,12-13,16-17,24,26H,8-11H2,1-3H3,(H,25,27);1H/t16-;/m1./s1. The van der Waals surface area contributed by atoms with Crippen molar-refractivity contribution in [2.24, 2.45) is 5.92 Å². The van der Waals surface area contributed by atoms with Crippen molar-refractivity contribution in [1.29, 1.82) is 0 Å². The van der Waals surface area contributed by atoms with Gasteiger partial charge >= 0.3 is 0 Å². The second-order valence-corrected chi connectivity index (χ2v) is 10.0. The number of hydrogen-bond acceptors (Lipinski definition) is 4. The van der Waals surface area contributed by atoms with Gasteiger partial charge in [0.1, 0.15) is 0 Å². The molecule has 170 valence electrons. The molecule has 1 atom stereocenters. The Hall–Kier alpha value is -1.64. The van der Waals surface area contributed by atoms with E-state index in [0.29, 0.717) is 27.8 Å². The molecule has 1 aliphatic heterocycles. The van der Waals surface area contributed by atoms with Crippen molar-refractivity contribution in [2.75, 3.05) is 18.4 Å². The molecule has 3 N–H and O–H groups in total. The number of carbonyl (C=O) groups excluding carboxylic acids is 1. The van der Waals surface area contributed by atoms with E-state index in [1.165, 1.54) is 6.07 Å². The summed E-state index contributed by atoms with van der Waals surface area (Å²) in [5.41, 5.74) is 2.54. The number of halogens is 2. The fraction of sp³-hybridized carbons (Fsp3) is 0.409. The number of benzene rings is 2. The Labute approximate surface area is 195 Å². The largest absolute Gasteiger partial charge is 0.322 e. The van der Waals surface area contributed by atoms with Crippen LogP contribution in [-0.4, -0.2) is 33.5 Å². The molecule has 0 aliphatic carbocycles. The van der Waals surface area contributed by atoms with E-state index in [4.69, 9.17) is 11.6 Å². The van der Waals surface area contributed by atoms with E-state index in [9.17, 15) is 13.2 Å². The van der Waals surface area contributed by atoms with Gasteiger partial charge in [0.15, 0.2) is 0 Å². The molecule has 31 heavy (non-hydrogen) atoms. The Kier molecular flexibility index (Phi) is 8.92. The number of nitrogens with one attached hydrogen (secondary N) is 3. The minimum absolute atomic E-state index is 0. The summed E-state index contributed by atoms with van der Waals surface area (Å²) in [6.45, 7) is 7.34. The first-order valence-electron chi connectivity index (χ1n) is 10.1. The lowest BCUT2D eigenvalue weighted by Crippen LogP contribution is -2.42. The fourth-order valence-electron chi connectivity index (χ4n) is 3.77. The van der Waals surface area contributed by atoms with Crippen LogP contribution >= 0.6 is 24.0 Å². The normalized spacial score (nSPS) is 15.7. The molecule has 2 aromatic carbocycles. The summed E-state index contributed by atoms with van der Waals surface area (Å²) >= 11 is 5.95. The first kappa shape index (κ1) is 25.6. The number of hydrogen-bond donors (Lipinski definition) is 3. The van der Waals surface area contributed by atoms with Gasteiger partial charge in [-0.3, -0.25) is 4.79 Å². The second-order valence-electron chi connectivity index (χ2n) is 7.89. The number of carbonyl (C=O) groups is 1. The number of rotatable bonds is 6. The Morgan fingerprint density at radius 1 is 1.10 bits per heavy atom. The molecular weight excluding hydrogens is 457 g/mol. The molecule has 0 saturated carbocycles. The van der Waals surface area contributed by atoms with Crippen molar-refractivity contribution >= 4 is 45.6 Å². The average Bonchev–Trinajstić information content (AvgIpc) is 2.69. The van der Waals surface area contributed by atoms with E-state index in [2.05, 4.69) is 15.4 Å². The lowest BCUT2D eigenvalue weighted by molar-refractivity contribution is 0.102. The van der Waals surface area contributed by atoms with Crippen LogP contribution in [0.15, 0.2) is 41.3 Å². The average molecular weight is 486 g/mol. The molecule has 1 fully saturated rings. The SMILES string of the molecule is Cc1cc(S(=O)(=O)N[C@H](C)C2CCNCC2)ccc1NC(=O)c1ccc(Cl)cc1C.Cl. The predicted molar refractivity (Wildman–Crippen MR) is 128 cm³/mol. The summed E-state index contributed by atoms with van der Waals surface area (Å²) in [4.78, 5) is 12.8. The third-order valence-electron chi connectivity index (χ3n) is 5.62. The maximum Gasteiger partial charge on any atom is 0.255 e. The highest BCUT2D eigenvalue weighted by atomic mass is 35.5. The van der Waals surface area contributed by atoms with Gasteiger partial charge in [0.2, 0.25) is 10.0 Å². The van der Waals surface area contributed by atoms with Gasteiger partial charge in [-0.2, -0.15) is 0 Å². The van der Waals surface area contributed by atoms with Crippen molar-refractivity contribution in [2.45, 2.75) is 44.6 Å². The Balaban J connectivity index is 0.00000341. The highest BCUT2D eigenvalue weighted by Gasteiger charge is 2.25. The van der Waals surface area contributed by atoms with Gasteiger partial charge in [-0.05, 0) is 100 Å². The minimum atomic E-state index is -3.64. The van der Waals surface area contributed by atoms with Crippen molar-refractivity contribution in [3.8, 4) is 0 Å². The van der Waals surface area contributed by atoms with Gasteiger partial charge in [-0.15, -0.1) is 12.4 Å². The van der Waals surface area contributed by atoms with E-state index in [1.54, 1.807) is 37.3 Å². The van der Waals surface area contributed by atoms with Gasteiger partial charge in [0, 0.05) is 22.3 Å². The lowest BCUT2D eigenvalue weighted by atomic mass is 9.92. The second kappa shape index (κ2) is 10.8. The molecule has 0 spiro atoms. The van der Waals surface area contributed by atoms with Gasteiger partial charge in [-0.25, -0.2) is 13.1 Å². The zero-order chi connectivity index (χ0) is 21.9. The summed E-state index contributed by atoms with van der Waals surface area (Å²) in [5.74, 6) is 0.0591. The molecule has 6 nitrogen and oxygen atoms in total. The van der Waals surface area contributed by atoms with Gasteiger partial charge in [-0.1, -0.05) is 11.6 Å². The zero-order valence-electron chi connectivity index (χ0n) is 17.9. The van der Waals surface area contributed by atoms with Crippen LogP contribution in [0.1, 0.15) is 41.3 Å². The van der Waals surface area contributed by atoms with Crippen LogP contribution in [0.3, 0.4) is 0 Å². The summed E-state index contributed by atoms with van der Waals surface area (Å²) in [7, 11) is -3.64. The van der Waals surface area contributed by atoms with E-state index in [1.807, 2.05) is 13.8 Å². The van der Waals surface area contributed by atoms with Crippen molar-refractivity contribution in [3.05, 3.63) is 58.1 Å². The van der Waals surface area contributed by atoms with Crippen LogP contribution in [0.5, 0.6) is 0 Å². The van der Waals surface area contributed by atoms with E-state index < -0.39 is 10.0 Å². The smallest absolute Gasteiger partial charge is 0.255 e. The first-order valence-corrected chi connectivity index (χ1v) is 11.9. The molecule has 9 heteroatoms. The molecule has 1 amide bonds. The van der Waals surface area contributed by atoms with Crippen molar-refractivity contribution in [3.63, 3.8) is 0 Å². The van der Waals surface area contributed by atoms with Gasteiger partial charge < -0.3 is 10.6 Å². The highest BCUT2D eigenvalue weighted by molar-refractivity contribution is 7.89. The molecule has 0 radical (unpaired) electrons. The third kappa shape index (κ3) is 6.43. The summed E-state index contributed by atoms with van der Waals surface area (Å²) in [6.07, 6.45) is 1.91. The molecule has 3 rings (SSSR count). The van der Waals surface area contributed by atoms with Crippen molar-refractivity contribution in [1.82, 2.24) is 10.0 Å². The molecule has 0 bridgehead atoms. The molecule has 1 aliphatic rings. The van der Waals surface area contributed by atoms with E-state index in [0.717, 1.165) is 31.5 Å². The topological polar surface area (TPSA) is 87.3 Å². The highest BCUT2D eigenvalue weighted by Crippen LogP contribution is 2.23. The minimum Gasteiger partial charge on any atom is -0.322 e. The summed E-state index contributed by atoms with van der Waals surface area (Å²) < 4.78 is 28.5. The molecule has 2 aromatic rings. The first-order chi connectivity index (χ1) is 14.2. The van der Waals surface area contributed by atoms with Crippen LogP contribution in [0.25, 0.3) is 0 Å². The van der Waals surface area contributed by atoms with Crippen LogP contribution in [0, 0.1) is 19.8 Å². The number of sulfonamides is 1. The maximum atomic E-state index is 12.8. The Bertz CT molecular complexity index is 1040. The van der Waals surface area contributed by atoms with E-state index >= 15 is 0 Å². The summed E-state index contributed by atoms with van der Waals surface area (Å²) in [5, 5.41) is 6.72. The van der Waals surface area contributed by atoms with Crippen LogP contribution < -0.4 is 15.4 Å². The van der Waals surface area contributed by atoms with Crippen LogP contribution in [0.4, 0.5) is 5.69 Å². The predicted octanol–water partition coefficient (Wildman–Crippen LogP) is 4.30. The number of aryl methyl sites for hydroxylation is 2. The van der Waals surface area contributed by atoms with Crippen LogP contribution in [0.2, 0.25) is 5.02 Å². The molecule has 0 aromatic heterocycles. The fourth-order valence-corrected chi connectivity index (χ4v) is 5.39. The number of anilines is 1. The molecule has 0 unspecified atom stereocenters. The number of amides is 1. The quantitative estimate of drug-likeness (QED) is 0.569. The van der Waals surface area contributed by atoms with Crippen LogP contribution in [-0.2, 0) is 10.0 Å². The molecule has 1 saturated heterocycles. The van der Waals surface area contributed by atoms with Gasteiger partial charge in [0.05, 0.1) is 4.90 Å². The van der Waals surface area contributed by atoms with Crippen molar-refractivity contribution < 1.29 is 13.2 Å². The monoisotopic (exact) mass is 485 g/mol. The molecular formula is C22H29Cl2N3O3S. The third-order valence-corrected chi connectivity index (χ3v) is 7.41. The summed E-state index contributed by atoms with van der Waals surface area (Å²) in [6, 6.07) is 9.67. The van der Waals surface area contributed by atoms with Gasteiger partial charge in [0.25, 0.3) is 5.91 Å². The Morgan fingerprint density at radius 3 is 2.39 bits per heavy atom. The zero-order valence-corrected chi connectivity index (χ0v) is 20.3. The number of piperidine rings is 1. The maximum absolute atomic E-state index is 12.8. The Morgan fingerprint density at radius 2 is 1.77 bits per heavy atom. The van der Waals surface area contributed by atoms with E-state index in [-0.39, 0.29) is 29.3 Å². The molecule has 1 heterocycles. The lowest BCUT2D eigenvalue weighted by Gasteiger charge is -2.28.